The summed E-state index contributed by atoms with van der Waals surface area (Å²) in [6.07, 6.45) is 3.04. The summed E-state index contributed by atoms with van der Waals surface area (Å²) in [5, 5.41) is 9.46. The van der Waals surface area contributed by atoms with Crippen LogP contribution in [0.2, 0.25) is 5.02 Å². The van der Waals surface area contributed by atoms with Crippen molar-refractivity contribution in [2.24, 2.45) is 5.92 Å². The number of hydrogen-bond acceptors (Lipinski definition) is 5. The minimum Gasteiger partial charge on any atom is -0.381 e. The molecule has 0 spiro atoms. The van der Waals surface area contributed by atoms with Gasteiger partial charge in [0.2, 0.25) is 15.9 Å². The molecule has 0 aliphatic carbocycles. The maximum Gasteiger partial charge on any atom is 0.243 e. The number of rotatable bonds is 6. The Morgan fingerprint density at radius 1 is 1.24 bits per heavy atom. The molecule has 1 atom stereocenters. The van der Waals surface area contributed by atoms with Crippen molar-refractivity contribution in [3.63, 3.8) is 0 Å². The third kappa shape index (κ3) is 5.28. The first-order chi connectivity index (χ1) is 13.9. The van der Waals surface area contributed by atoms with Gasteiger partial charge in [0.25, 0.3) is 0 Å². The Morgan fingerprint density at radius 3 is 2.59 bits per heavy atom. The molecule has 7 nitrogen and oxygen atoms in total. The van der Waals surface area contributed by atoms with Crippen molar-refractivity contribution in [2.45, 2.75) is 43.0 Å². The average molecular weight is 440 g/mol. The maximum absolute atomic E-state index is 13.3. The summed E-state index contributed by atoms with van der Waals surface area (Å²) in [5.41, 5.74) is 0. The number of amides is 1. The van der Waals surface area contributed by atoms with Crippen molar-refractivity contribution in [1.82, 2.24) is 9.21 Å². The molecule has 29 heavy (non-hydrogen) atoms. The molecule has 2 heterocycles. The van der Waals surface area contributed by atoms with Crippen LogP contribution in [0, 0.1) is 17.2 Å². The highest BCUT2D eigenvalue weighted by Crippen LogP contribution is 2.27. The Labute approximate surface area is 177 Å². The Morgan fingerprint density at radius 2 is 1.93 bits per heavy atom. The van der Waals surface area contributed by atoms with Crippen molar-refractivity contribution < 1.29 is 17.9 Å². The largest absolute Gasteiger partial charge is 0.381 e. The summed E-state index contributed by atoms with van der Waals surface area (Å²) >= 11 is 5.87. The highest BCUT2D eigenvalue weighted by atomic mass is 35.5. The second kappa shape index (κ2) is 9.90. The van der Waals surface area contributed by atoms with Crippen LogP contribution in [0.5, 0.6) is 0 Å². The van der Waals surface area contributed by atoms with Crippen LogP contribution < -0.4 is 0 Å². The zero-order valence-corrected chi connectivity index (χ0v) is 17.9. The summed E-state index contributed by atoms with van der Waals surface area (Å²) in [5.74, 6) is -0.449. The molecule has 1 amide bonds. The van der Waals surface area contributed by atoms with E-state index in [0.29, 0.717) is 44.2 Å². The molecule has 0 radical (unpaired) electrons. The highest BCUT2D eigenvalue weighted by Gasteiger charge is 2.37. The number of carbonyl (C=O) groups is 1. The van der Waals surface area contributed by atoms with Crippen LogP contribution in [0.3, 0.4) is 0 Å². The number of piperidine rings is 1. The predicted octanol–water partition coefficient (Wildman–Crippen LogP) is 2.66. The number of halogens is 1. The molecule has 2 aliphatic rings. The van der Waals surface area contributed by atoms with Gasteiger partial charge in [-0.05, 0) is 49.9 Å². The predicted molar refractivity (Wildman–Crippen MR) is 109 cm³/mol. The molecule has 1 aromatic rings. The number of carbonyl (C=O) groups excluding carboxylic acids is 1. The van der Waals surface area contributed by atoms with Crippen LogP contribution in [-0.4, -0.2) is 62.4 Å². The van der Waals surface area contributed by atoms with E-state index in [1.54, 1.807) is 17.0 Å². The lowest BCUT2D eigenvalue weighted by Gasteiger charge is -2.38. The van der Waals surface area contributed by atoms with Crippen molar-refractivity contribution in [1.29, 1.82) is 5.26 Å². The van der Waals surface area contributed by atoms with E-state index >= 15 is 0 Å². The fourth-order valence-electron chi connectivity index (χ4n) is 3.99. The van der Waals surface area contributed by atoms with E-state index in [9.17, 15) is 13.2 Å². The molecular formula is C20H26ClN3O4S. The van der Waals surface area contributed by atoms with Crippen molar-refractivity contribution in [3.05, 3.63) is 29.3 Å². The van der Waals surface area contributed by atoms with Crippen LogP contribution >= 0.6 is 11.6 Å². The molecule has 9 heteroatoms. The Hall–Kier alpha value is -1.66. The van der Waals surface area contributed by atoms with Gasteiger partial charge in [-0.2, -0.15) is 9.57 Å². The van der Waals surface area contributed by atoms with E-state index < -0.39 is 15.9 Å². The molecule has 0 aromatic heterocycles. The Bertz CT molecular complexity index is 847. The molecular weight excluding hydrogens is 414 g/mol. The van der Waals surface area contributed by atoms with Gasteiger partial charge in [0, 0.05) is 43.9 Å². The molecule has 1 aromatic carbocycles. The van der Waals surface area contributed by atoms with Gasteiger partial charge in [0.05, 0.1) is 23.3 Å². The van der Waals surface area contributed by atoms with Crippen LogP contribution in [0.25, 0.3) is 0 Å². The van der Waals surface area contributed by atoms with Gasteiger partial charge in [-0.3, -0.25) is 4.79 Å². The number of ether oxygens (including phenoxy) is 1. The van der Waals surface area contributed by atoms with Gasteiger partial charge in [-0.25, -0.2) is 8.42 Å². The number of nitrogens with zero attached hydrogens (tertiary/aromatic N) is 3. The molecule has 0 saturated carbocycles. The van der Waals surface area contributed by atoms with E-state index in [-0.39, 0.29) is 29.8 Å². The molecule has 2 aliphatic heterocycles. The second-order valence-corrected chi connectivity index (χ2v) is 9.81. The molecule has 2 saturated heterocycles. The monoisotopic (exact) mass is 439 g/mol. The number of nitriles is 1. The first-order valence-electron chi connectivity index (χ1n) is 9.94. The molecule has 158 valence electrons. The summed E-state index contributed by atoms with van der Waals surface area (Å²) in [6, 6.07) is 8.24. The van der Waals surface area contributed by atoms with Gasteiger partial charge < -0.3 is 9.64 Å². The first-order valence-corrected chi connectivity index (χ1v) is 11.8. The smallest absolute Gasteiger partial charge is 0.243 e. The molecule has 0 bridgehead atoms. The SMILES string of the molecule is N#CCCN(C(=O)C1CCCN(S(=O)(=O)c2ccc(Cl)cc2)C1)C1CCOCC1. The van der Waals surface area contributed by atoms with Gasteiger partial charge in [-0.15, -0.1) is 0 Å². The van der Waals surface area contributed by atoms with E-state index in [1.165, 1.54) is 16.4 Å². The highest BCUT2D eigenvalue weighted by molar-refractivity contribution is 7.89. The Balaban J connectivity index is 1.74. The molecule has 3 rings (SSSR count). The lowest BCUT2D eigenvalue weighted by molar-refractivity contribution is -0.141. The second-order valence-electron chi connectivity index (χ2n) is 7.44. The fourth-order valence-corrected chi connectivity index (χ4v) is 5.64. The van der Waals surface area contributed by atoms with Crippen LogP contribution in [0.15, 0.2) is 29.2 Å². The van der Waals surface area contributed by atoms with Gasteiger partial charge in [-0.1, -0.05) is 11.6 Å². The van der Waals surface area contributed by atoms with Crippen LogP contribution in [-0.2, 0) is 19.6 Å². The van der Waals surface area contributed by atoms with Crippen molar-refractivity contribution in [3.8, 4) is 6.07 Å². The third-order valence-electron chi connectivity index (χ3n) is 5.56. The van der Waals surface area contributed by atoms with Crippen molar-refractivity contribution >= 4 is 27.5 Å². The Kier molecular flexibility index (Phi) is 7.52. The van der Waals surface area contributed by atoms with Gasteiger partial charge in [0.1, 0.15) is 0 Å². The molecule has 0 N–H and O–H groups in total. The molecule has 2 fully saturated rings. The van der Waals surface area contributed by atoms with Crippen LogP contribution in [0.1, 0.15) is 32.1 Å². The van der Waals surface area contributed by atoms with Gasteiger partial charge >= 0.3 is 0 Å². The summed E-state index contributed by atoms with van der Waals surface area (Å²) in [7, 11) is -3.68. The normalized spacial score (nSPS) is 21.4. The minimum absolute atomic E-state index is 0.0489. The number of hydrogen-bond donors (Lipinski definition) is 0. The lowest BCUT2D eigenvalue weighted by atomic mass is 9.96. The van der Waals surface area contributed by atoms with E-state index in [0.717, 1.165) is 12.8 Å². The maximum atomic E-state index is 13.3. The van der Waals surface area contributed by atoms with E-state index in [2.05, 4.69) is 6.07 Å². The first kappa shape index (κ1) is 22.0. The van der Waals surface area contributed by atoms with E-state index in [1.807, 2.05) is 0 Å². The number of sulfonamides is 1. The summed E-state index contributed by atoms with van der Waals surface area (Å²) in [6.45, 7) is 2.13. The van der Waals surface area contributed by atoms with Crippen LogP contribution in [0.4, 0.5) is 0 Å². The van der Waals surface area contributed by atoms with Crippen molar-refractivity contribution in [2.75, 3.05) is 32.8 Å². The number of benzene rings is 1. The van der Waals surface area contributed by atoms with Gasteiger partial charge in [0.15, 0.2) is 0 Å². The quantitative estimate of drug-likeness (QED) is 0.679. The standard InChI is InChI=1S/C20H26ClN3O4S/c21-17-4-6-19(7-5-17)29(26,27)23-11-1-3-16(15-23)20(25)24(12-2-10-22)18-8-13-28-14-9-18/h4-7,16,18H,1-3,8-9,11-15H2. The zero-order valence-electron chi connectivity index (χ0n) is 16.3. The average Bonchev–Trinajstić information content (AvgIpc) is 2.75. The zero-order chi connectivity index (χ0) is 20.9. The lowest BCUT2D eigenvalue weighted by Crippen LogP contribution is -2.51. The fraction of sp³-hybridized carbons (Fsp3) is 0.600. The molecule has 1 unspecified atom stereocenters. The third-order valence-corrected chi connectivity index (χ3v) is 7.70. The summed E-state index contributed by atoms with van der Waals surface area (Å²) < 4.78 is 32.8. The summed E-state index contributed by atoms with van der Waals surface area (Å²) in [4.78, 5) is 15.3. The topological polar surface area (TPSA) is 90.7 Å². The van der Waals surface area contributed by atoms with E-state index in [4.69, 9.17) is 21.6 Å². The minimum atomic E-state index is -3.68.